The lowest BCUT2D eigenvalue weighted by atomic mass is 10.2. The average Bonchev–Trinajstić information content (AvgIpc) is 2.87. The summed E-state index contributed by atoms with van der Waals surface area (Å²) in [6.07, 6.45) is 5.14. The summed E-state index contributed by atoms with van der Waals surface area (Å²) in [6.45, 7) is 0. The van der Waals surface area contributed by atoms with E-state index in [0.717, 1.165) is 0 Å². The molecule has 9 heteroatoms. The van der Waals surface area contributed by atoms with Crippen LogP contribution in [0.3, 0.4) is 0 Å². The van der Waals surface area contributed by atoms with E-state index in [2.05, 4.69) is 15.3 Å². The molecule has 2 heterocycles. The van der Waals surface area contributed by atoms with Gasteiger partial charge < -0.3 is 9.73 Å². The molecule has 5 nitrogen and oxygen atoms in total. The van der Waals surface area contributed by atoms with Gasteiger partial charge in [0.15, 0.2) is 5.69 Å². The standard InChI is InChI=1S/C17H11ClF3N3O2/c18-12-8-7-11(9-22-12)23-15(25)13-14(17(19,20)21)24-16(26-13)10-5-3-1-2-4-6-10/h1-5,7-9H,6H2,(H,23,25). The third-order valence-corrected chi connectivity index (χ3v) is 3.58. The summed E-state index contributed by atoms with van der Waals surface area (Å²) >= 11 is 5.63. The van der Waals surface area contributed by atoms with Crippen LogP contribution in [0.2, 0.25) is 5.15 Å². The van der Waals surface area contributed by atoms with Crippen molar-refractivity contribution in [2.75, 3.05) is 5.32 Å². The van der Waals surface area contributed by atoms with Crippen molar-refractivity contribution in [3.05, 3.63) is 71.2 Å². The molecule has 1 aliphatic carbocycles. The first-order chi connectivity index (χ1) is 12.3. The van der Waals surface area contributed by atoms with Crippen LogP contribution in [0, 0.1) is 0 Å². The number of halogens is 4. The molecular weight excluding hydrogens is 371 g/mol. The topological polar surface area (TPSA) is 68.0 Å². The number of nitrogens with one attached hydrogen (secondary N) is 1. The minimum Gasteiger partial charge on any atom is -0.431 e. The number of oxazole rings is 1. The zero-order valence-electron chi connectivity index (χ0n) is 13.0. The van der Waals surface area contributed by atoms with Crippen LogP contribution in [0.15, 0.2) is 53.1 Å². The summed E-state index contributed by atoms with van der Waals surface area (Å²) in [5.74, 6) is -2.26. The fourth-order valence-corrected chi connectivity index (χ4v) is 2.29. The summed E-state index contributed by atoms with van der Waals surface area (Å²) in [5.41, 5.74) is -0.789. The van der Waals surface area contributed by atoms with E-state index in [1.165, 1.54) is 18.3 Å². The molecule has 1 aliphatic rings. The van der Waals surface area contributed by atoms with E-state index in [1.54, 1.807) is 30.4 Å². The van der Waals surface area contributed by atoms with E-state index in [4.69, 9.17) is 16.0 Å². The van der Waals surface area contributed by atoms with Crippen molar-refractivity contribution in [1.82, 2.24) is 9.97 Å². The van der Waals surface area contributed by atoms with Gasteiger partial charge in [-0.05, 0) is 18.6 Å². The van der Waals surface area contributed by atoms with Gasteiger partial charge in [0.25, 0.3) is 5.91 Å². The summed E-state index contributed by atoms with van der Waals surface area (Å²) in [7, 11) is 0. The van der Waals surface area contributed by atoms with Gasteiger partial charge in [-0.15, -0.1) is 0 Å². The molecule has 3 rings (SSSR count). The first-order valence-corrected chi connectivity index (χ1v) is 7.76. The highest BCUT2D eigenvalue weighted by molar-refractivity contribution is 6.29. The van der Waals surface area contributed by atoms with Crippen LogP contribution < -0.4 is 5.32 Å². The number of hydrogen-bond acceptors (Lipinski definition) is 4. The Labute approximate surface area is 150 Å². The van der Waals surface area contributed by atoms with Gasteiger partial charge >= 0.3 is 6.18 Å². The molecule has 0 aromatic carbocycles. The number of carbonyl (C=O) groups is 1. The van der Waals surface area contributed by atoms with Crippen LogP contribution in [0.5, 0.6) is 0 Å². The lowest BCUT2D eigenvalue weighted by Gasteiger charge is -2.06. The van der Waals surface area contributed by atoms with Crippen LogP contribution >= 0.6 is 11.6 Å². The molecule has 0 fully saturated rings. The SMILES string of the molecule is O=C(Nc1ccc(Cl)nc1)c1oc(C2=CC=CC=CC2)nc1C(F)(F)F. The molecule has 0 radical (unpaired) electrons. The zero-order valence-corrected chi connectivity index (χ0v) is 13.8. The van der Waals surface area contributed by atoms with Crippen molar-refractivity contribution in [2.24, 2.45) is 0 Å². The average molecular weight is 382 g/mol. The molecule has 0 unspecified atom stereocenters. The molecule has 0 aliphatic heterocycles. The Morgan fingerprint density at radius 3 is 2.73 bits per heavy atom. The molecule has 0 spiro atoms. The lowest BCUT2D eigenvalue weighted by Crippen LogP contribution is -2.17. The number of pyridine rings is 1. The minimum absolute atomic E-state index is 0.171. The highest BCUT2D eigenvalue weighted by Gasteiger charge is 2.41. The maximum absolute atomic E-state index is 13.3. The van der Waals surface area contributed by atoms with Gasteiger partial charge in [0.1, 0.15) is 5.15 Å². The van der Waals surface area contributed by atoms with E-state index in [1.807, 2.05) is 0 Å². The van der Waals surface area contributed by atoms with E-state index >= 15 is 0 Å². The Morgan fingerprint density at radius 1 is 1.23 bits per heavy atom. The van der Waals surface area contributed by atoms with Crippen molar-refractivity contribution < 1.29 is 22.4 Å². The van der Waals surface area contributed by atoms with Crippen molar-refractivity contribution in [3.63, 3.8) is 0 Å². The number of nitrogens with zero attached hydrogens (tertiary/aromatic N) is 2. The van der Waals surface area contributed by atoms with Gasteiger partial charge in [-0.3, -0.25) is 4.79 Å². The Kier molecular flexibility index (Phi) is 4.94. The summed E-state index contributed by atoms with van der Waals surface area (Å²) in [5, 5.41) is 2.47. The number of allylic oxidation sites excluding steroid dienone is 6. The number of hydrogen-bond donors (Lipinski definition) is 1. The summed E-state index contributed by atoms with van der Waals surface area (Å²) in [4.78, 5) is 19.5. The normalized spacial score (nSPS) is 14.1. The molecule has 2 aromatic heterocycles. The Morgan fingerprint density at radius 2 is 2.04 bits per heavy atom. The Hall–Kier alpha value is -2.87. The predicted molar refractivity (Wildman–Crippen MR) is 89.6 cm³/mol. The largest absolute Gasteiger partial charge is 0.437 e. The number of aromatic nitrogens is 2. The van der Waals surface area contributed by atoms with Crippen molar-refractivity contribution >= 4 is 28.8 Å². The lowest BCUT2D eigenvalue weighted by molar-refractivity contribution is -0.141. The van der Waals surface area contributed by atoms with Gasteiger partial charge in [0.2, 0.25) is 11.7 Å². The zero-order chi connectivity index (χ0) is 18.7. The van der Waals surface area contributed by atoms with Crippen LogP contribution in [0.25, 0.3) is 5.57 Å². The first kappa shape index (κ1) is 17.9. The summed E-state index contributed by atoms with van der Waals surface area (Å²) < 4.78 is 45.0. The number of carbonyl (C=O) groups excluding carboxylic acids is 1. The van der Waals surface area contributed by atoms with Gasteiger partial charge in [0.05, 0.1) is 11.9 Å². The first-order valence-electron chi connectivity index (χ1n) is 7.38. The van der Waals surface area contributed by atoms with Gasteiger partial charge in [-0.1, -0.05) is 42.0 Å². The molecule has 0 bridgehead atoms. The van der Waals surface area contributed by atoms with Gasteiger partial charge in [-0.2, -0.15) is 13.2 Å². The Balaban J connectivity index is 1.95. The predicted octanol–water partition coefficient (Wildman–Crippen LogP) is 4.89. The monoisotopic (exact) mass is 381 g/mol. The smallest absolute Gasteiger partial charge is 0.431 e. The van der Waals surface area contributed by atoms with Crippen LogP contribution in [-0.4, -0.2) is 15.9 Å². The molecule has 0 saturated carbocycles. The Bertz CT molecular complexity index is 912. The fraction of sp³-hybridized carbons (Fsp3) is 0.118. The molecular formula is C17H11ClF3N3O2. The minimum atomic E-state index is -4.84. The van der Waals surface area contributed by atoms with E-state index < -0.39 is 23.5 Å². The number of alkyl halides is 3. The van der Waals surface area contributed by atoms with E-state index in [0.29, 0.717) is 12.0 Å². The molecule has 134 valence electrons. The highest BCUT2D eigenvalue weighted by Crippen LogP contribution is 2.34. The number of amides is 1. The van der Waals surface area contributed by atoms with E-state index in [9.17, 15) is 18.0 Å². The van der Waals surface area contributed by atoms with Crippen molar-refractivity contribution in [3.8, 4) is 0 Å². The molecule has 26 heavy (non-hydrogen) atoms. The van der Waals surface area contributed by atoms with Crippen LogP contribution in [-0.2, 0) is 6.18 Å². The second-order valence-electron chi connectivity index (χ2n) is 5.23. The van der Waals surface area contributed by atoms with E-state index in [-0.39, 0.29) is 16.7 Å². The molecule has 0 atom stereocenters. The molecule has 0 saturated heterocycles. The third kappa shape index (κ3) is 4.02. The van der Waals surface area contributed by atoms with Crippen LogP contribution in [0.1, 0.15) is 28.6 Å². The second-order valence-corrected chi connectivity index (χ2v) is 5.61. The maximum Gasteiger partial charge on any atom is 0.437 e. The summed E-state index contributed by atoms with van der Waals surface area (Å²) in [6, 6.07) is 2.80. The third-order valence-electron chi connectivity index (χ3n) is 3.36. The maximum atomic E-state index is 13.3. The van der Waals surface area contributed by atoms with Gasteiger partial charge in [-0.25, -0.2) is 9.97 Å². The number of anilines is 1. The van der Waals surface area contributed by atoms with Crippen molar-refractivity contribution in [1.29, 1.82) is 0 Å². The van der Waals surface area contributed by atoms with Crippen molar-refractivity contribution in [2.45, 2.75) is 12.6 Å². The second kappa shape index (κ2) is 7.17. The fourth-order valence-electron chi connectivity index (χ4n) is 2.18. The highest BCUT2D eigenvalue weighted by atomic mass is 35.5. The quantitative estimate of drug-likeness (QED) is 0.768. The molecule has 2 aromatic rings. The number of rotatable bonds is 3. The van der Waals surface area contributed by atoms with Crippen LogP contribution in [0.4, 0.5) is 18.9 Å². The van der Waals surface area contributed by atoms with Gasteiger partial charge in [0, 0.05) is 5.57 Å². The molecule has 1 N–H and O–H groups in total. The molecule has 1 amide bonds.